The Morgan fingerprint density at radius 3 is 2.90 bits per heavy atom. The van der Waals surface area contributed by atoms with Crippen molar-refractivity contribution in [3.05, 3.63) is 43.6 Å². The molecule has 0 spiro atoms. The summed E-state index contributed by atoms with van der Waals surface area (Å²) in [5.41, 5.74) is 2.09. The normalized spacial score (nSPS) is 9.76. The number of hydrogen-bond acceptors (Lipinski definition) is 8. The zero-order valence-corrected chi connectivity index (χ0v) is 12.4. The molecule has 2 aromatic rings. The van der Waals surface area contributed by atoms with E-state index in [4.69, 9.17) is 15.8 Å². The van der Waals surface area contributed by atoms with Gasteiger partial charge in [0.15, 0.2) is 0 Å². The number of nitriles is 1. The number of nitrogen functional groups attached to an aromatic ring is 1. The number of nitrogens with two attached hydrogens (primary N) is 1. The number of nitrogens with one attached hydrogen (secondary N) is 1. The summed E-state index contributed by atoms with van der Waals surface area (Å²) in [6.45, 7) is 0. The Morgan fingerprint density at radius 1 is 1.52 bits per heavy atom. The number of anilines is 1. The van der Waals surface area contributed by atoms with Crippen molar-refractivity contribution < 1.29 is 9.66 Å². The number of ether oxygens (including phenoxy) is 1. The summed E-state index contributed by atoms with van der Waals surface area (Å²) >= 11 is 1.85. The number of hydrogen-bond donors (Lipinski definition) is 2. The molecular formula is C11H7IN6O3. The molecule has 0 saturated carbocycles. The Bertz CT molecular complexity index is 745. The quantitative estimate of drug-likeness (QED) is 0.345. The van der Waals surface area contributed by atoms with Crippen molar-refractivity contribution in [1.82, 2.24) is 9.97 Å². The molecule has 0 bridgehead atoms. The van der Waals surface area contributed by atoms with Crippen molar-refractivity contribution >= 4 is 34.2 Å². The largest absolute Gasteiger partial charge is 0.430 e. The lowest BCUT2D eigenvalue weighted by Gasteiger charge is -2.08. The van der Waals surface area contributed by atoms with Gasteiger partial charge in [0.05, 0.1) is 20.1 Å². The molecule has 3 N–H and O–H groups in total. The first kappa shape index (κ1) is 14.9. The molecule has 1 heterocycles. The van der Waals surface area contributed by atoms with E-state index in [9.17, 15) is 10.1 Å². The molecule has 0 fully saturated rings. The molecule has 21 heavy (non-hydrogen) atoms. The number of halogens is 1. The van der Waals surface area contributed by atoms with Crippen LogP contribution in [0.4, 0.5) is 11.6 Å². The van der Waals surface area contributed by atoms with E-state index in [2.05, 4.69) is 15.4 Å². The number of benzene rings is 1. The molecule has 106 valence electrons. The summed E-state index contributed by atoms with van der Waals surface area (Å²) in [6, 6.07) is 5.90. The van der Waals surface area contributed by atoms with Gasteiger partial charge in [-0.05, 0) is 28.7 Å². The third-order valence-corrected chi connectivity index (χ3v) is 3.12. The molecule has 0 saturated heterocycles. The standard InChI is InChI=1S/C11H7IN6O3/c12-7-3-6(5-13)4-8(18(19)20)10(7)21-9-1-2-15-11(16-9)17-14/h1-4H,14H2,(H,15,16,17). The summed E-state index contributed by atoms with van der Waals surface area (Å²) in [5.74, 6) is 5.38. The van der Waals surface area contributed by atoms with Crippen LogP contribution in [0.5, 0.6) is 11.6 Å². The summed E-state index contributed by atoms with van der Waals surface area (Å²) in [4.78, 5) is 18.2. The van der Waals surface area contributed by atoms with E-state index in [-0.39, 0.29) is 28.8 Å². The first-order valence-corrected chi connectivity index (χ1v) is 6.48. The molecule has 0 radical (unpaired) electrons. The van der Waals surface area contributed by atoms with Crippen molar-refractivity contribution in [2.75, 3.05) is 5.43 Å². The van der Waals surface area contributed by atoms with Crippen LogP contribution in [-0.2, 0) is 0 Å². The zero-order valence-electron chi connectivity index (χ0n) is 10.3. The lowest BCUT2D eigenvalue weighted by atomic mass is 10.2. The van der Waals surface area contributed by atoms with Gasteiger partial charge in [0.25, 0.3) is 0 Å². The van der Waals surface area contributed by atoms with E-state index in [0.717, 1.165) is 6.07 Å². The number of nitro benzene ring substituents is 1. The highest BCUT2D eigenvalue weighted by Crippen LogP contribution is 2.36. The van der Waals surface area contributed by atoms with Crippen LogP contribution in [0.2, 0.25) is 0 Å². The first-order valence-electron chi connectivity index (χ1n) is 5.40. The van der Waals surface area contributed by atoms with Gasteiger partial charge >= 0.3 is 5.69 Å². The van der Waals surface area contributed by atoms with Crippen LogP contribution in [0.15, 0.2) is 24.4 Å². The Kier molecular flexibility index (Phi) is 4.45. The number of nitrogens with zero attached hydrogens (tertiary/aromatic N) is 4. The van der Waals surface area contributed by atoms with Crippen molar-refractivity contribution in [3.8, 4) is 17.7 Å². The summed E-state index contributed by atoms with van der Waals surface area (Å²) in [7, 11) is 0. The fraction of sp³-hybridized carbons (Fsp3) is 0. The minimum absolute atomic E-state index is 0.00118. The van der Waals surface area contributed by atoms with Crippen LogP contribution in [0.25, 0.3) is 0 Å². The Balaban J connectivity index is 2.48. The summed E-state index contributed by atoms with van der Waals surface area (Å²) < 4.78 is 5.85. The molecule has 1 aromatic heterocycles. The van der Waals surface area contributed by atoms with E-state index >= 15 is 0 Å². The summed E-state index contributed by atoms with van der Waals surface area (Å²) in [5, 5.41) is 20.0. The van der Waals surface area contributed by atoms with E-state index in [1.807, 2.05) is 28.7 Å². The van der Waals surface area contributed by atoms with E-state index in [0.29, 0.717) is 3.57 Å². The van der Waals surface area contributed by atoms with Gasteiger partial charge in [-0.15, -0.1) is 0 Å². The van der Waals surface area contributed by atoms with Crippen LogP contribution in [0.3, 0.4) is 0 Å². The topological polar surface area (TPSA) is 140 Å². The molecule has 10 heteroatoms. The Morgan fingerprint density at radius 2 is 2.29 bits per heavy atom. The fourth-order valence-electron chi connectivity index (χ4n) is 1.45. The molecular weight excluding hydrogens is 391 g/mol. The average molecular weight is 398 g/mol. The molecule has 0 aliphatic heterocycles. The Labute approximate surface area is 132 Å². The highest BCUT2D eigenvalue weighted by atomic mass is 127. The number of hydrazine groups is 1. The smallest absolute Gasteiger partial charge is 0.314 e. The fourth-order valence-corrected chi connectivity index (χ4v) is 2.18. The second kappa shape index (κ2) is 6.29. The highest BCUT2D eigenvalue weighted by molar-refractivity contribution is 14.1. The van der Waals surface area contributed by atoms with Crippen LogP contribution >= 0.6 is 22.6 Å². The Hall–Kier alpha value is -2.52. The lowest BCUT2D eigenvalue weighted by Crippen LogP contribution is -2.10. The lowest BCUT2D eigenvalue weighted by molar-refractivity contribution is -0.385. The highest BCUT2D eigenvalue weighted by Gasteiger charge is 2.21. The summed E-state index contributed by atoms with van der Waals surface area (Å²) in [6.07, 6.45) is 1.39. The van der Waals surface area contributed by atoms with Crippen molar-refractivity contribution in [3.63, 3.8) is 0 Å². The minimum Gasteiger partial charge on any atom is -0.430 e. The van der Waals surface area contributed by atoms with Gasteiger partial charge in [0.1, 0.15) is 0 Å². The van der Waals surface area contributed by atoms with E-state index in [1.165, 1.54) is 18.3 Å². The maximum Gasteiger partial charge on any atom is 0.314 e. The van der Waals surface area contributed by atoms with Gasteiger partial charge in [-0.1, -0.05) is 0 Å². The van der Waals surface area contributed by atoms with Crippen LogP contribution in [-0.4, -0.2) is 14.9 Å². The first-order chi connectivity index (χ1) is 10.0. The van der Waals surface area contributed by atoms with Crippen LogP contribution in [0, 0.1) is 25.0 Å². The van der Waals surface area contributed by atoms with Gasteiger partial charge in [0.2, 0.25) is 17.6 Å². The predicted molar refractivity (Wildman–Crippen MR) is 80.4 cm³/mol. The average Bonchev–Trinajstić information content (AvgIpc) is 2.49. The van der Waals surface area contributed by atoms with Gasteiger partial charge in [-0.2, -0.15) is 10.2 Å². The maximum absolute atomic E-state index is 11.1. The van der Waals surface area contributed by atoms with Gasteiger partial charge in [-0.25, -0.2) is 10.8 Å². The molecule has 0 aliphatic carbocycles. The molecule has 0 unspecified atom stereocenters. The molecule has 1 aromatic carbocycles. The minimum atomic E-state index is -0.623. The SMILES string of the molecule is N#Cc1cc(I)c(Oc2ccnc(NN)n2)c([N+](=O)[O-])c1. The number of rotatable bonds is 4. The van der Waals surface area contributed by atoms with Crippen LogP contribution in [0.1, 0.15) is 5.56 Å². The zero-order chi connectivity index (χ0) is 15.4. The molecule has 9 nitrogen and oxygen atoms in total. The van der Waals surface area contributed by atoms with Gasteiger partial charge < -0.3 is 4.74 Å². The number of aromatic nitrogens is 2. The predicted octanol–water partition coefficient (Wildman–Crippen LogP) is 1.94. The second-order valence-corrected chi connectivity index (χ2v) is 4.80. The maximum atomic E-state index is 11.1. The van der Waals surface area contributed by atoms with Crippen molar-refractivity contribution in [2.45, 2.75) is 0 Å². The second-order valence-electron chi connectivity index (χ2n) is 3.64. The monoisotopic (exact) mass is 398 g/mol. The molecule has 2 rings (SSSR count). The van der Waals surface area contributed by atoms with Gasteiger partial charge in [-0.3, -0.25) is 15.5 Å². The van der Waals surface area contributed by atoms with E-state index in [1.54, 1.807) is 0 Å². The van der Waals surface area contributed by atoms with E-state index < -0.39 is 4.92 Å². The third kappa shape index (κ3) is 3.33. The number of nitro groups is 1. The molecule has 0 amide bonds. The molecule has 0 atom stereocenters. The van der Waals surface area contributed by atoms with Crippen molar-refractivity contribution in [1.29, 1.82) is 5.26 Å². The van der Waals surface area contributed by atoms with Crippen LogP contribution < -0.4 is 16.0 Å². The molecule has 0 aliphatic rings. The third-order valence-electron chi connectivity index (χ3n) is 2.32. The van der Waals surface area contributed by atoms with Crippen molar-refractivity contribution in [2.24, 2.45) is 5.84 Å². The van der Waals surface area contributed by atoms with Gasteiger partial charge in [0, 0.05) is 18.3 Å².